The molecule has 0 aliphatic heterocycles. The van der Waals surface area contributed by atoms with Crippen molar-refractivity contribution in [3.8, 4) is 0 Å². The van der Waals surface area contributed by atoms with Gasteiger partial charge >= 0.3 is 0 Å². The van der Waals surface area contributed by atoms with Gasteiger partial charge < -0.3 is 0 Å². The highest BCUT2D eigenvalue weighted by molar-refractivity contribution is 5.84. The van der Waals surface area contributed by atoms with E-state index in [0.29, 0.717) is 10.9 Å². The van der Waals surface area contributed by atoms with Crippen molar-refractivity contribution in [2.24, 2.45) is 5.92 Å². The molecule has 0 heterocycles. The van der Waals surface area contributed by atoms with E-state index in [1.54, 1.807) is 6.07 Å². The maximum Gasteiger partial charge on any atom is 0.166 e. The van der Waals surface area contributed by atoms with Crippen molar-refractivity contribution in [3.05, 3.63) is 47.0 Å². The summed E-state index contributed by atoms with van der Waals surface area (Å²) in [4.78, 5) is 0. The highest BCUT2D eigenvalue weighted by Crippen LogP contribution is 2.39. The van der Waals surface area contributed by atoms with Crippen molar-refractivity contribution >= 4 is 10.8 Å². The summed E-state index contributed by atoms with van der Waals surface area (Å²) in [6, 6.07) is 7.60. The van der Waals surface area contributed by atoms with Gasteiger partial charge in [-0.15, -0.1) is 0 Å². The molecule has 1 aliphatic rings. The SMILES string of the molecule is CCc1ccc2cc(C3CCC(CC)CC3)c(F)c(F)c2c1. The summed E-state index contributed by atoms with van der Waals surface area (Å²) >= 11 is 0. The van der Waals surface area contributed by atoms with Crippen LogP contribution in [0.5, 0.6) is 0 Å². The third-order valence-electron chi connectivity index (χ3n) is 5.38. The molecule has 2 aromatic rings. The Labute approximate surface area is 131 Å². The van der Waals surface area contributed by atoms with Crippen LogP contribution in [0.15, 0.2) is 24.3 Å². The zero-order valence-electron chi connectivity index (χ0n) is 13.5. The molecule has 0 nitrogen and oxygen atoms in total. The Balaban J connectivity index is 1.99. The summed E-state index contributed by atoms with van der Waals surface area (Å²) in [6.45, 7) is 4.24. The van der Waals surface area contributed by atoms with E-state index >= 15 is 0 Å². The number of hydrogen-bond acceptors (Lipinski definition) is 0. The monoisotopic (exact) mass is 302 g/mol. The third-order valence-corrected chi connectivity index (χ3v) is 5.38. The summed E-state index contributed by atoms with van der Waals surface area (Å²) in [5.74, 6) is -0.356. The number of fused-ring (bicyclic) bond motifs is 1. The van der Waals surface area contributed by atoms with Gasteiger partial charge in [-0.05, 0) is 72.6 Å². The van der Waals surface area contributed by atoms with Crippen LogP contribution in [-0.4, -0.2) is 0 Å². The molecule has 0 atom stereocenters. The van der Waals surface area contributed by atoms with Gasteiger partial charge in [0, 0.05) is 5.39 Å². The number of benzene rings is 2. The Bertz CT molecular complexity index is 667. The van der Waals surface area contributed by atoms with Crippen LogP contribution in [0.4, 0.5) is 8.78 Å². The van der Waals surface area contributed by atoms with E-state index in [-0.39, 0.29) is 5.92 Å². The Morgan fingerprint density at radius 2 is 1.68 bits per heavy atom. The number of aryl methyl sites for hydroxylation is 1. The molecule has 0 saturated heterocycles. The van der Waals surface area contributed by atoms with Crippen LogP contribution in [0, 0.1) is 17.6 Å². The largest absolute Gasteiger partial charge is 0.203 e. The van der Waals surface area contributed by atoms with Gasteiger partial charge in [-0.3, -0.25) is 0 Å². The molecule has 0 N–H and O–H groups in total. The van der Waals surface area contributed by atoms with Gasteiger partial charge in [-0.25, -0.2) is 8.78 Å². The van der Waals surface area contributed by atoms with Crippen LogP contribution >= 0.6 is 0 Å². The van der Waals surface area contributed by atoms with E-state index in [2.05, 4.69) is 6.92 Å². The molecule has 0 aromatic heterocycles. The van der Waals surface area contributed by atoms with Gasteiger partial charge in [0.15, 0.2) is 11.6 Å². The van der Waals surface area contributed by atoms with Crippen LogP contribution in [-0.2, 0) is 6.42 Å². The zero-order valence-corrected chi connectivity index (χ0v) is 13.5. The third kappa shape index (κ3) is 2.76. The quantitative estimate of drug-likeness (QED) is 0.618. The van der Waals surface area contributed by atoms with Gasteiger partial charge in [0.1, 0.15) is 0 Å². The lowest BCUT2D eigenvalue weighted by atomic mass is 9.77. The predicted octanol–water partition coefficient (Wildman–Crippen LogP) is 6.36. The van der Waals surface area contributed by atoms with E-state index in [4.69, 9.17) is 0 Å². The lowest BCUT2D eigenvalue weighted by molar-refractivity contribution is 0.313. The van der Waals surface area contributed by atoms with Crippen molar-refractivity contribution in [1.82, 2.24) is 0 Å². The molecule has 3 rings (SSSR count). The fourth-order valence-electron chi connectivity index (χ4n) is 3.79. The van der Waals surface area contributed by atoms with Gasteiger partial charge in [-0.2, -0.15) is 0 Å². The number of rotatable bonds is 3. The standard InChI is InChI=1S/C20H24F2/c1-3-13-5-8-15(9-6-13)18-12-16-10-7-14(4-2)11-17(16)19(21)20(18)22/h7,10-13,15H,3-6,8-9H2,1-2H3. The number of hydrogen-bond donors (Lipinski definition) is 0. The second-order valence-electron chi connectivity index (χ2n) is 6.63. The molecular formula is C20H24F2. The van der Waals surface area contributed by atoms with E-state index in [1.165, 1.54) is 6.42 Å². The average molecular weight is 302 g/mol. The highest BCUT2D eigenvalue weighted by Gasteiger charge is 2.25. The van der Waals surface area contributed by atoms with Gasteiger partial charge in [0.05, 0.1) is 0 Å². The summed E-state index contributed by atoms with van der Waals surface area (Å²) in [7, 11) is 0. The summed E-state index contributed by atoms with van der Waals surface area (Å²) < 4.78 is 29.1. The van der Waals surface area contributed by atoms with Crippen LogP contribution in [0.1, 0.15) is 63.0 Å². The molecule has 0 unspecified atom stereocenters. The predicted molar refractivity (Wildman–Crippen MR) is 88.2 cm³/mol. The molecule has 22 heavy (non-hydrogen) atoms. The Morgan fingerprint density at radius 1 is 0.955 bits per heavy atom. The topological polar surface area (TPSA) is 0 Å². The molecule has 0 radical (unpaired) electrons. The molecule has 0 spiro atoms. The molecule has 2 aromatic carbocycles. The Hall–Kier alpha value is -1.44. The molecule has 1 aliphatic carbocycles. The maximum absolute atomic E-state index is 14.6. The van der Waals surface area contributed by atoms with Gasteiger partial charge in [-0.1, -0.05) is 32.4 Å². The molecule has 118 valence electrons. The normalized spacial score (nSPS) is 22.2. The van der Waals surface area contributed by atoms with E-state index in [9.17, 15) is 8.78 Å². The van der Waals surface area contributed by atoms with Crippen molar-refractivity contribution in [3.63, 3.8) is 0 Å². The first-order chi connectivity index (χ1) is 10.6. The Kier molecular flexibility index (Phi) is 4.46. The minimum atomic E-state index is -0.666. The first-order valence-corrected chi connectivity index (χ1v) is 8.54. The van der Waals surface area contributed by atoms with E-state index < -0.39 is 11.6 Å². The summed E-state index contributed by atoms with van der Waals surface area (Å²) in [5, 5.41) is 1.24. The van der Waals surface area contributed by atoms with Crippen molar-refractivity contribution in [1.29, 1.82) is 0 Å². The average Bonchev–Trinajstić information content (AvgIpc) is 2.58. The summed E-state index contributed by atoms with van der Waals surface area (Å²) in [6.07, 6.45) is 6.26. The molecule has 1 fully saturated rings. The van der Waals surface area contributed by atoms with Gasteiger partial charge in [0.25, 0.3) is 0 Å². The van der Waals surface area contributed by atoms with Crippen molar-refractivity contribution < 1.29 is 8.78 Å². The smallest absolute Gasteiger partial charge is 0.166 e. The minimum absolute atomic E-state index is 0.174. The second kappa shape index (κ2) is 6.36. The summed E-state index contributed by atoms with van der Waals surface area (Å²) in [5.41, 5.74) is 1.63. The van der Waals surface area contributed by atoms with Crippen molar-refractivity contribution in [2.75, 3.05) is 0 Å². The first-order valence-electron chi connectivity index (χ1n) is 8.54. The number of halogens is 2. The maximum atomic E-state index is 14.6. The van der Waals surface area contributed by atoms with Crippen LogP contribution < -0.4 is 0 Å². The first kappa shape index (κ1) is 15.5. The van der Waals surface area contributed by atoms with E-state index in [1.807, 2.05) is 25.1 Å². The van der Waals surface area contributed by atoms with Crippen LogP contribution in [0.3, 0.4) is 0 Å². The lowest BCUT2D eigenvalue weighted by Gasteiger charge is -2.28. The second-order valence-corrected chi connectivity index (χ2v) is 6.63. The van der Waals surface area contributed by atoms with E-state index in [0.717, 1.165) is 49.0 Å². The molecule has 1 saturated carbocycles. The van der Waals surface area contributed by atoms with Crippen molar-refractivity contribution in [2.45, 2.75) is 58.3 Å². The molecule has 2 heteroatoms. The minimum Gasteiger partial charge on any atom is -0.203 e. The van der Waals surface area contributed by atoms with Crippen LogP contribution in [0.2, 0.25) is 0 Å². The fraction of sp³-hybridized carbons (Fsp3) is 0.500. The van der Waals surface area contributed by atoms with Gasteiger partial charge in [0.2, 0.25) is 0 Å². The lowest BCUT2D eigenvalue weighted by Crippen LogP contribution is -2.14. The van der Waals surface area contributed by atoms with Crippen LogP contribution in [0.25, 0.3) is 10.8 Å². The fourth-order valence-corrected chi connectivity index (χ4v) is 3.79. The molecular weight excluding hydrogens is 278 g/mol. The molecule has 0 amide bonds. The molecule has 0 bridgehead atoms. The zero-order chi connectivity index (χ0) is 15.7. The Morgan fingerprint density at radius 3 is 2.32 bits per heavy atom. The highest BCUT2D eigenvalue weighted by atomic mass is 19.2.